The smallest absolute Gasteiger partial charge is 0.429 e. The molecule has 8 heteroatoms. The average molecular weight is 323 g/mol. The number of carbonyl (C=O) groups is 1. The Balaban J connectivity index is 0. The monoisotopic (exact) mass is 322 g/mol. The van der Waals surface area contributed by atoms with Gasteiger partial charge in [0.2, 0.25) is 0 Å². The van der Waals surface area contributed by atoms with E-state index in [-0.39, 0.29) is 0 Å². The first kappa shape index (κ1) is 21.5. The van der Waals surface area contributed by atoms with E-state index in [9.17, 15) is 4.79 Å². The zero-order valence-electron chi connectivity index (χ0n) is 12.8. The van der Waals surface area contributed by atoms with Gasteiger partial charge in [-0.3, -0.25) is 0 Å². The molecular weight excluding hydrogens is 296 g/mol. The van der Waals surface area contributed by atoms with Crippen molar-refractivity contribution in [2.75, 3.05) is 27.9 Å². The summed E-state index contributed by atoms with van der Waals surface area (Å²) in [6.45, 7) is 9.65. The van der Waals surface area contributed by atoms with Gasteiger partial charge in [-0.25, -0.2) is 4.79 Å². The molecule has 118 valence electrons. The molecule has 0 atom stereocenters. The van der Waals surface area contributed by atoms with Crippen molar-refractivity contribution in [2.24, 2.45) is 0 Å². The van der Waals surface area contributed by atoms with Gasteiger partial charge in [-0.15, -0.1) is 0 Å². The number of carbonyl (C=O) groups excluding carboxylic acids is 1. The number of allylic oxidation sites excluding steroid dienone is 1. The van der Waals surface area contributed by atoms with E-state index in [0.717, 1.165) is 18.7 Å². The van der Waals surface area contributed by atoms with Crippen molar-refractivity contribution in [3.63, 3.8) is 0 Å². The van der Waals surface area contributed by atoms with Crippen LogP contribution < -0.4 is 0 Å². The third-order valence-corrected chi connectivity index (χ3v) is 4.43. The van der Waals surface area contributed by atoms with Crippen LogP contribution in [0.2, 0.25) is 6.04 Å². The van der Waals surface area contributed by atoms with Crippen molar-refractivity contribution < 1.29 is 27.2 Å². The van der Waals surface area contributed by atoms with E-state index in [1.165, 1.54) is 0 Å². The van der Waals surface area contributed by atoms with Crippen molar-refractivity contribution in [2.45, 2.75) is 19.4 Å². The minimum atomic E-state index is -1.67. The normalized spacial score (nSPS) is 10.2. The molecule has 0 saturated carbocycles. The molecule has 6 nitrogen and oxygen atoms in total. The third kappa shape index (κ3) is 15.3. The summed E-state index contributed by atoms with van der Waals surface area (Å²) in [6.07, 6.45) is 1.83. The third-order valence-electron chi connectivity index (χ3n) is 1.94. The van der Waals surface area contributed by atoms with Crippen LogP contribution in [0.15, 0.2) is 25.0 Å². The highest BCUT2D eigenvalue weighted by Crippen LogP contribution is 2.04. The highest BCUT2D eigenvalue weighted by Gasteiger charge is 2.05. The van der Waals surface area contributed by atoms with Crippen LogP contribution in [-0.2, 0) is 27.2 Å². The number of esters is 1. The summed E-state index contributed by atoms with van der Waals surface area (Å²) in [6, 6.07) is 0.955. The van der Waals surface area contributed by atoms with Crippen LogP contribution in [0.25, 0.3) is 0 Å². The van der Waals surface area contributed by atoms with Crippen LogP contribution in [-0.4, -0.2) is 53.2 Å². The van der Waals surface area contributed by atoms with Crippen LogP contribution >= 0.6 is 0 Å². The van der Waals surface area contributed by atoms with E-state index in [1.807, 2.05) is 6.92 Å². The van der Waals surface area contributed by atoms with Gasteiger partial charge in [0.15, 0.2) is 9.76 Å². The second-order valence-electron chi connectivity index (χ2n) is 3.46. The Morgan fingerprint density at radius 3 is 2.15 bits per heavy atom. The molecule has 0 heterocycles. The highest BCUT2D eigenvalue weighted by atomic mass is 28.3. The SMILES string of the molecule is C=CC(=O)OC(=C)CC[SiH2]OCC.CO[SiH](OC)OC. The summed E-state index contributed by atoms with van der Waals surface area (Å²) in [4.78, 5) is 10.7. The van der Waals surface area contributed by atoms with Gasteiger partial charge < -0.3 is 22.4 Å². The summed E-state index contributed by atoms with van der Waals surface area (Å²) in [5.41, 5.74) is 0. The van der Waals surface area contributed by atoms with Crippen molar-refractivity contribution in [1.82, 2.24) is 0 Å². The molecule has 0 fully saturated rings. The summed E-state index contributed by atoms with van der Waals surface area (Å²) in [5.74, 6) is 0.0557. The Hall–Kier alpha value is -0.776. The molecule has 0 rings (SSSR count). The first-order valence-electron chi connectivity index (χ1n) is 6.23. The Labute approximate surface area is 125 Å². The zero-order valence-corrected chi connectivity index (χ0v) is 15.4. The molecule has 0 aromatic heterocycles. The minimum Gasteiger partial charge on any atom is -0.429 e. The fraction of sp³-hybridized carbons (Fsp3) is 0.583. The van der Waals surface area contributed by atoms with Gasteiger partial charge in [-0.05, 0) is 13.0 Å². The molecule has 0 N–H and O–H groups in total. The molecule has 0 aliphatic rings. The van der Waals surface area contributed by atoms with E-state index < -0.39 is 25.3 Å². The number of rotatable bonds is 10. The van der Waals surface area contributed by atoms with Gasteiger partial charge in [0.1, 0.15) is 5.76 Å². The molecule has 0 saturated heterocycles. The molecule has 0 unspecified atom stereocenters. The van der Waals surface area contributed by atoms with Crippen LogP contribution in [0.5, 0.6) is 0 Å². The second-order valence-corrected chi connectivity index (χ2v) is 6.98. The van der Waals surface area contributed by atoms with E-state index in [4.69, 9.17) is 22.4 Å². The molecule has 0 radical (unpaired) electrons. The standard InChI is InChI=1S/C9H16O3Si.C3H10O3Si/c1-4-9(10)12-8(3)6-7-13-11-5-2;1-4-7(5-2)6-3/h4H,1,3,5-7,13H2,2H3;7H,1-3H3. The van der Waals surface area contributed by atoms with Crippen LogP contribution in [0.3, 0.4) is 0 Å². The molecule has 0 aliphatic carbocycles. The van der Waals surface area contributed by atoms with Crippen LogP contribution in [0, 0.1) is 0 Å². The summed E-state index contributed by atoms with van der Waals surface area (Å²) in [5, 5.41) is 0. The molecule has 0 aromatic carbocycles. The fourth-order valence-electron chi connectivity index (χ4n) is 1.04. The predicted octanol–water partition coefficient (Wildman–Crippen LogP) is 0.801. The van der Waals surface area contributed by atoms with Gasteiger partial charge in [0, 0.05) is 40.4 Å². The second kappa shape index (κ2) is 16.3. The number of ether oxygens (including phenoxy) is 1. The quantitative estimate of drug-likeness (QED) is 0.195. The topological polar surface area (TPSA) is 63.2 Å². The van der Waals surface area contributed by atoms with Crippen LogP contribution in [0.4, 0.5) is 0 Å². The van der Waals surface area contributed by atoms with E-state index in [0.29, 0.717) is 12.2 Å². The van der Waals surface area contributed by atoms with Crippen molar-refractivity contribution in [3.05, 3.63) is 25.0 Å². The molecule has 0 spiro atoms. The molecule has 0 aromatic rings. The van der Waals surface area contributed by atoms with Gasteiger partial charge in [0.25, 0.3) is 0 Å². The lowest BCUT2D eigenvalue weighted by molar-refractivity contribution is -0.133. The Morgan fingerprint density at radius 1 is 1.25 bits per heavy atom. The minimum absolute atomic E-state index is 0.442. The maximum absolute atomic E-state index is 10.7. The van der Waals surface area contributed by atoms with E-state index in [1.54, 1.807) is 21.3 Å². The summed E-state index contributed by atoms with van der Waals surface area (Å²) < 4.78 is 24.3. The number of hydrogen-bond donors (Lipinski definition) is 0. The van der Waals surface area contributed by atoms with Gasteiger partial charge in [0.05, 0.1) is 0 Å². The lowest BCUT2D eigenvalue weighted by Gasteiger charge is -2.05. The maximum Gasteiger partial charge on any atom is 0.483 e. The number of hydrogen-bond acceptors (Lipinski definition) is 6. The fourth-order valence-corrected chi connectivity index (χ4v) is 2.65. The summed E-state index contributed by atoms with van der Waals surface area (Å²) >= 11 is 0. The van der Waals surface area contributed by atoms with Crippen molar-refractivity contribution in [1.29, 1.82) is 0 Å². The first-order chi connectivity index (χ1) is 9.55. The Kier molecular flexibility index (Phi) is 17.5. The van der Waals surface area contributed by atoms with Gasteiger partial charge in [-0.2, -0.15) is 0 Å². The highest BCUT2D eigenvalue weighted by molar-refractivity contribution is 6.36. The molecule has 0 aliphatic heterocycles. The van der Waals surface area contributed by atoms with E-state index in [2.05, 4.69) is 13.2 Å². The lowest BCUT2D eigenvalue weighted by Crippen LogP contribution is -2.21. The Morgan fingerprint density at radius 2 is 1.80 bits per heavy atom. The first-order valence-corrected chi connectivity index (χ1v) is 9.22. The Bertz CT molecular complexity index is 263. The van der Waals surface area contributed by atoms with Gasteiger partial charge >= 0.3 is 15.5 Å². The van der Waals surface area contributed by atoms with Gasteiger partial charge in [-0.1, -0.05) is 13.2 Å². The predicted molar refractivity (Wildman–Crippen MR) is 83.2 cm³/mol. The average Bonchev–Trinajstić information content (AvgIpc) is 2.46. The molecule has 0 amide bonds. The van der Waals surface area contributed by atoms with Crippen molar-refractivity contribution >= 4 is 25.3 Å². The van der Waals surface area contributed by atoms with Crippen LogP contribution in [0.1, 0.15) is 13.3 Å². The zero-order chi connectivity index (χ0) is 15.8. The molecule has 0 bridgehead atoms. The molecule has 20 heavy (non-hydrogen) atoms. The molecular formula is C12H26O6Si2. The lowest BCUT2D eigenvalue weighted by atomic mass is 10.4. The summed E-state index contributed by atoms with van der Waals surface area (Å²) in [7, 11) is 2.60. The maximum atomic E-state index is 10.7. The van der Waals surface area contributed by atoms with Crippen molar-refractivity contribution in [3.8, 4) is 0 Å². The largest absolute Gasteiger partial charge is 0.483 e. The van der Waals surface area contributed by atoms with E-state index >= 15 is 0 Å².